The fraction of sp³-hybridized carbons (Fsp3) is 0.619. The lowest BCUT2D eigenvalue weighted by Crippen LogP contribution is -2.41. The largest absolute Gasteiger partial charge is 0.469 e. The van der Waals surface area contributed by atoms with E-state index in [1.165, 1.54) is 43.4 Å². The summed E-state index contributed by atoms with van der Waals surface area (Å²) < 4.78 is 7.35. The van der Waals surface area contributed by atoms with Crippen molar-refractivity contribution in [2.45, 2.75) is 58.9 Å². The number of furan rings is 1. The maximum absolute atomic E-state index is 5.42. The first-order valence-electron chi connectivity index (χ1n) is 10.2. The quantitative estimate of drug-likeness (QED) is 0.577. The van der Waals surface area contributed by atoms with Crippen LogP contribution in [0.3, 0.4) is 0 Å². The van der Waals surface area contributed by atoms with E-state index in [2.05, 4.69) is 29.6 Å². The smallest absolute Gasteiger partial charge is 0.191 e. The molecule has 6 heteroatoms. The molecule has 2 N–H and O–H groups in total. The van der Waals surface area contributed by atoms with Crippen LogP contribution in [0.1, 0.15) is 54.8 Å². The summed E-state index contributed by atoms with van der Waals surface area (Å²) >= 11 is 0. The van der Waals surface area contributed by atoms with Crippen molar-refractivity contribution in [3.63, 3.8) is 0 Å². The SMILES string of the molecule is Cc1nn(C)c(C)c1CN=C(NCCc1ccco1)NCC1CCCCC1. The van der Waals surface area contributed by atoms with Crippen LogP contribution in [-0.4, -0.2) is 28.8 Å². The molecule has 3 rings (SSSR count). The Morgan fingerprint density at radius 3 is 2.74 bits per heavy atom. The standard InChI is InChI=1S/C21H33N5O/c1-16-20(17(2)26(3)25-16)15-24-21(22-12-11-19-10-7-13-27-19)23-14-18-8-5-4-6-9-18/h7,10,13,18H,4-6,8-9,11-12,14-15H2,1-3H3,(H2,22,23,24). The van der Waals surface area contributed by atoms with Crippen LogP contribution >= 0.6 is 0 Å². The summed E-state index contributed by atoms with van der Waals surface area (Å²) in [4.78, 5) is 4.84. The van der Waals surface area contributed by atoms with E-state index in [0.29, 0.717) is 6.54 Å². The highest BCUT2D eigenvalue weighted by Gasteiger charge is 2.14. The predicted octanol–water partition coefficient (Wildman–Crippen LogP) is 3.49. The summed E-state index contributed by atoms with van der Waals surface area (Å²) in [5, 5.41) is 11.5. The van der Waals surface area contributed by atoms with Gasteiger partial charge in [0.15, 0.2) is 5.96 Å². The number of guanidine groups is 1. The van der Waals surface area contributed by atoms with Gasteiger partial charge in [0.05, 0.1) is 18.5 Å². The molecular formula is C21H33N5O. The summed E-state index contributed by atoms with van der Waals surface area (Å²) in [6.07, 6.45) is 9.33. The van der Waals surface area contributed by atoms with Gasteiger partial charge < -0.3 is 15.1 Å². The molecule has 2 aromatic heterocycles. The van der Waals surface area contributed by atoms with E-state index in [1.807, 2.05) is 23.9 Å². The highest BCUT2D eigenvalue weighted by Crippen LogP contribution is 2.22. The Balaban J connectivity index is 1.59. The molecule has 27 heavy (non-hydrogen) atoms. The van der Waals surface area contributed by atoms with Crippen molar-refractivity contribution in [1.29, 1.82) is 0 Å². The summed E-state index contributed by atoms with van der Waals surface area (Å²) in [5.41, 5.74) is 3.45. The number of nitrogens with one attached hydrogen (secondary N) is 2. The topological polar surface area (TPSA) is 67.4 Å². The van der Waals surface area contributed by atoms with E-state index in [0.717, 1.165) is 42.8 Å². The fourth-order valence-electron chi connectivity index (χ4n) is 3.77. The van der Waals surface area contributed by atoms with Crippen LogP contribution in [0.25, 0.3) is 0 Å². The molecule has 0 spiro atoms. The summed E-state index contributed by atoms with van der Waals surface area (Å²) in [5.74, 6) is 2.64. The second-order valence-electron chi connectivity index (χ2n) is 7.58. The summed E-state index contributed by atoms with van der Waals surface area (Å²) in [6, 6.07) is 3.94. The third-order valence-electron chi connectivity index (χ3n) is 5.58. The zero-order valence-corrected chi connectivity index (χ0v) is 16.9. The van der Waals surface area contributed by atoms with E-state index >= 15 is 0 Å². The number of nitrogens with zero attached hydrogens (tertiary/aromatic N) is 3. The Labute approximate surface area is 162 Å². The van der Waals surface area contributed by atoms with Crippen molar-refractivity contribution in [3.05, 3.63) is 41.1 Å². The monoisotopic (exact) mass is 371 g/mol. The van der Waals surface area contributed by atoms with Crippen LogP contribution < -0.4 is 10.6 Å². The van der Waals surface area contributed by atoms with E-state index in [9.17, 15) is 0 Å². The molecule has 2 aromatic rings. The molecule has 1 aliphatic rings. The summed E-state index contributed by atoms with van der Waals surface area (Å²) in [7, 11) is 1.99. The first kappa shape index (κ1) is 19.5. The van der Waals surface area contributed by atoms with Crippen molar-refractivity contribution in [1.82, 2.24) is 20.4 Å². The van der Waals surface area contributed by atoms with Gasteiger partial charge in [-0.15, -0.1) is 0 Å². The van der Waals surface area contributed by atoms with Gasteiger partial charge in [0.25, 0.3) is 0 Å². The van der Waals surface area contributed by atoms with Gasteiger partial charge in [-0.2, -0.15) is 5.10 Å². The molecule has 148 valence electrons. The van der Waals surface area contributed by atoms with Crippen molar-refractivity contribution in [2.75, 3.05) is 13.1 Å². The predicted molar refractivity (Wildman–Crippen MR) is 109 cm³/mol. The van der Waals surface area contributed by atoms with Crippen LogP contribution in [0.5, 0.6) is 0 Å². The fourth-order valence-corrected chi connectivity index (χ4v) is 3.77. The number of hydrogen-bond acceptors (Lipinski definition) is 3. The highest BCUT2D eigenvalue weighted by atomic mass is 16.3. The molecule has 1 fully saturated rings. The Morgan fingerprint density at radius 2 is 2.07 bits per heavy atom. The number of rotatable bonds is 7. The first-order chi connectivity index (χ1) is 13.1. The van der Waals surface area contributed by atoms with Gasteiger partial charge in [-0.05, 0) is 44.7 Å². The van der Waals surface area contributed by atoms with Crippen molar-refractivity contribution < 1.29 is 4.42 Å². The number of aryl methyl sites for hydroxylation is 2. The van der Waals surface area contributed by atoms with Crippen molar-refractivity contribution in [2.24, 2.45) is 18.0 Å². The van der Waals surface area contributed by atoms with E-state index in [4.69, 9.17) is 9.41 Å². The van der Waals surface area contributed by atoms with Gasteiger partial charge in [0.1, 0.15) is 5.76 Å². The molecule has 0 radical (unpaired) electrons. The summed E-state index contributed by atoms with van der Waals surface area (Å²) in [6.45, 7) is 6.60. The third kappa shape index (κ3) is 5.62. The number of aromatic nitrogens is 2. The van der Waals surface area contributed by atoms with E-state index < -0.39 is 0 Å². The molecule has 1 aliphatic carbocycles. The minimum absolute atomic E-state index is 0.645. The Bertz CT molecular complexity index is 726. The highest BCUT2D eigenvalue weighted by molar-refractivity contribution is 5.79. The normalized spacial score (nSPS) is 15.9. The van der Waals surface area contributed by atoms with Crippen LogP contribution in [0.15, 0.2) is 27.8 Å². The molecule has 0 saturated heterocycles. The molecule has 0 bridgehead atoms. The van der Waals surface area contributed by atoms with Gasteiger partial charge >= 0.3 is 0 Å². The molecular weight excluding hydrogens is 338 g/mol. The molecule has 0 unspecified atom stereocenters. The average Bonchev–Trinajstić information content (AvgIpc) is 3.27. The zero-order valence-electron chi connectivity index (χ0n) is 16.9. The van der Waals surface area contributed by atoms with Crippen LogP contribution in [-0.2, 0) is 20.0 Å². The molecule has 0 atom stereocenters. The van der Waals surface area contributed by atoms with Crippen molar-refractivity contribution in [3.8, 4) is 0 Å². The van der Waals surface area contributed by atoms with Gasteiger partial charge in [0.2, 0.25) is 0 Å². The van der Waals surface area contributed by atoms with Gasteiger partial charge in [-0.25, -0.2) is 4.99 Å². The molecule has 1 saturated carbocycles. The molecule has 0 amide bonds. The molecule has 6 nitrogen and oxygen atoms in total. The van der Waals surface area contributed by atoms with Gasteiger partial charge in [-0.1, -0.05) is 19.3 Å². The minimum Gasteiger partial charge on any atom is -0.469 e. The molecule has 0 aromatic carbocycles. The third-order valence-corrected chi connectivity index (χ3v) is 5.58. The van der Waals surface area contributed by atoms with Crippen LogP contribution in [0.4, 0.5) is 0 Å². The second kappa shape index (κ2) is 9.62. The maximum atomic E-state index is 5.42. The van der Waals surface area contributed by atoms with Crippen LogP contribution in [0, 0.1) is 19.8 Å². The average molecular weight is 372 g/mol. The van der Waals surface area contributed by atoms with Crippen LogP contribution in [0.2, 0.25) is 0 Å². The van der Waals surface area contributed by atoms with Crippen molar-refractivity contribution >= 4 is 5.96 Å². The maximum Gasteiger partial charge on any atom is 0.191 e. The Hall–Kier alpha value is -2.24. The Kier molecular flexibility index (Phi) is 6.96. The van der Waals surface area contributed by atoms with E-state index in [-0.39, 0.29) is 0 Å². The molecule has 2 heterocycles. The van der Waals surface area contributed by atoms with E-state index in [1.54, 1.807) is 6.26 Å². The first-order valence-corrected chi connectivity index (χ1v) is 10.2. The minimum atomic E-state index is 0.645. The second-order valence-corrected chi connectivity index (χ2v) is 7.58. The zero-order chi connectivity index (χ0) is 19.1. The van der Waals surface area contributed by atoms with Gasteiger partial charge in [0, 0.05) is 37.8 Å². The van der Waals surface area contributed by atoms with Gasteiger partial charge in [-0.3, -0.25) is 4.68 Å². The number of hydrogen-bond donors (Lipinski definition) is 2. The molecule has 0 aliphatic heterocycles. The lowest BCUT2D eigenvalue weighted by molar-refractivity contribution is 0.355. The lowest BCUT2D eigenvalue weighted by Gasteiger charge is -2.23. The lowest BCUT2D eigenvalue weighted by atomic mass is 9.89. The number of aliphatic imine (C=N–C) groups is 1. The Morgan fingerprint density at radius 1 is 1.26 bits per heavy atom.